The quantitative estimate of drug-likeness (QED) is 0.648. The molecule has 0 aromatic carbocycles. The van der Waals surface area contributed by atoms with Crippen LogP contribution in [0.4, 0.5) is 0 Å². The third-order valence-electron chi connectivity index (χ3n) is 8.48. The number of Topliss-reactive ketones (excluding diaryl/α,β-unsaturated/α-hetero) is 1. The predicted molar refractivity (Wildman–Crippen MR) is 85.8 cm³/mol. The Hall–Kier alpha value is -0.840. The minimum absolute atomic E-state index is 0.00552. The zero-order valence-electron chi connectivity index (χ0n) is 14.1. The molecular weight excluding hydrogens is 270 g/mol. The van der Waals surface area contributed by atoms with Crippen LogP contribution in [0.15, 0.2) is 0 Å². The van der Waals surface area contributed by atoms with Gasteiger partial charge in [0.1, 0.15) is 5.78 Å². The van der Waals surface area contributed by atoms with Crippen LogP contribution >= 0.6 is 0 Å². The first-order valence-electron chi connectivity index (χ1n) is 9.43. The summed E-state index contributed by atoms with van der Waals surface area (Å²) in [7, 11) is 0. The van der Waals surface area contributed by atoms with Crippen LogP contribution in [-0.2, 0) is 4.79 Å². The molecule has 0 heterocycles. The van der Waals surface area contributed by atoms with Gasteiger partial charge in [0.2, 0.25) is 0 Å². The molecule has 0 spiro atoms. The van der Waals surface area contributed by atoms with Crippen LogP contribution in [0.5, 0.6) is 0 Å². The average Bonchev–Trinajstić information content (AvgIpc) is 2.78. The maximum Gasteiger partial charge on any atom is 0.140 e. The maximum atomic E-state index is 12.6. The summed E-state index contributed by atoms with van der Waals surface area (Å²) >= 11 is 0. The lowest BCUT2D eigenvalue weighted by molar-refractivity contribution is -0.139. The smallest absolute Gasteiger partial charge is 0.140 e. The van der Waals surface area contributed by atoms with Gasteiger partial charge in [-0.3, -0.25) is 4.79 Å². The molecule has 2 nitrogen and oxygen atoms in total. The standard InChI is InChI=1S/C20H29NO/c1-19-9-4-3-5-14(19)6-7-15-16(19)8-10-20(2)17(22)11-13(12-21)18(15)20/h13-16,18H,3-11H2,1-2H3/t13?,14-,15?,16?,18?,19?,20?/m1/s1. The number of nitrogens with zero attached hydrogens (tertiary/aromatic N) is 1. The second-order valence-electron chi connectivity index (χ2n) is 9.14. The molecule has 0 aliphatic heterocycles. The molecule has 0 N–H and O–H groups in total. The first-order chi connectivity index (χ1) is 10.5. The lowest BCUT2D eigenvalue weighted by Crippen LogP contribution is -2.53. The molecule has 2 heteroatoms. The number of carbonyl (C=O) groups is 1. The third kappa shape index (κ3) is 1.75. The minimum atomic E-state index is -0.181. The van der Waals surface area contributed by atoms with Crippen molar-refractivity contribution in [2.75, 3.05) is 0 Å². The highest BCUT2D eigenvalue weighted by Crippen LogP contribution is 2.66. The molecule has 0 saturated heterocycles. The summed E-state index contributed by atoms with van der Waals surface area (Å²) < 4.78 is 0. The summed E-state index contributed by atoms with van der Waals surface area (Å²) in [5.41, 5.74) is 0.313. The summed E-state index contributed by atoms with van der Waals surface area (Å²) in [5, 5.41) is 9.62. The van der Waals surface area contributed by atoms with E-state index in [1.807, 2.05) is 0 Å². The number of rotatable bonds is 0. The average molecular weight is 299 g/mol. The fourth-order valence-electron chi connectivity index (χ4n) is 7.30. The Labute approximate surface area is 134 Å². The first kappa shape index (κ1) is 14.7. The van der Waals surface area contributed by atoms with E-state index in [1.165, 1.54) is 44.9 Å². The highest BCUT2D eigenvalue weighted by molar-refractivity contribution is 5.88. The van der Waals surface area contributed by atoms with E-state index in [0.717, 1.165) is 18.3 Å². The number of hydrogen-bond acceptors (Lipinski definition) is 2. The fourth-order valence-corrected chi connectivity index (χ4v) is 7.30. The molecule has 4 fully saturated rings. The molecule has 0 amide bonds. The highest BCUT2D eigenvalue weighted by atomic mass is 16.1. The molecule has 0 radical (unpaired) electrons. The Morgan fingerprint density at radius 2 is 1.91 bits per heavy atom. The Kier molecular flexibility index (Phi) is 3.23. The summed E-state index contributed by atoms with van der Waals surface area (Å²) in [6, 6.07) is 2.52. The van der Waals surface area contributed by atoms with Crippen molar-refractivity contribution >= 4 is 5.78 Å². The van der Waals surface area contributed by atoms with Gasteiger partial charge in [0, 0.05) is 11.8 Å². The second kappa shape index (κ2) is 4.83. The number of ketones is 1. The van der Waals surface area contributed by atoms with Crippen LogP contribution in [0.2, 0.25) is 0 Å². The molecule has 22 heavy (non-hydrogen) atoms. The van der Waals surface area contributed by atoms with Crippen molar-refractivity contribution in [2.45, 2.75) is 71.6 Å². The summed E-state index contributed by atoms with van der Waals surface area (Å²) in [6.07, 6.45) is 11.0. The molecule has 4 aliphatic carbocycles. The van der Waals surface area contributed by atoms with Gasteiger partial charge >= 0.3 is 0 Å². The van der Waals surface area contributed by atoms with Crippen LogP contribution in [0.3, 0.4) is 0 Å². The van der Waals surface area contributed by atoms with E-state index in [9.17, 15) is 10.1 Å². The van der Waals surface area contributed by atoms with Gasteiger partial charge in [-0.25, -0.2) is 0 Å². The van der Waals surface area contributed by atoms with Gasteiger partial charge in [-0.2, -0.15) is 5.26 Å². The second-order valence-corrected chi connectivity index (χ2v) is 9.14. The topological polar surface area (TPSA) is 40.9 Å². The van der Waals surface area contributed by atoms with E-state index in [-0.39, 0.29) is 11.3 Å². The number of hydrogen-bond donors (Lipinski definition) is 0. The first-order valence-corrected chi connectivity index (χ1v) is 9.43. The third-order valence-corrected chi connectivity index (χ3v) is 8.48. The van der Waals surface area contributed by atoms with Gasteiger partial charge in [-0.05, 0) is 67.6 Å². The molecule has 4 rings (SSSR count). The number of fused-ring (bicyclic) bond motifs is 5. The van der Waals surface area contributed by atoms with Crippen molar-refractivity contribution in [1.29, 1.82) is 5.26 Å². The van der Waals surface area contributed by atoms with Gasteiger partial charge in [0.15, 0.2) is 0 Å². The van der Waals surface area contributed by atoms with Crippen molar-refractivity contribution in [1.82, 2.24) is 0 Å². The molecule has 0 bridgehead atoms. The largest absolute Gasteiger partial charge is 0.299 e. The van der Waals surface area contributed by atoms with E-state index in [4.69, 9.17) is 0 Å². The molecule has 7 atom stereocenters. The van der Waals surface area contributed by atoms with Gasteiger partial charge in [0.25, 0.3) is 0 Å². The van der Waals surface area contributed by atoms with Crippen LogP contribution in [0, 0.1) is 51.8 Å². The molecule has 0 aromatic heterocycles. The van der Waals surface area contributed by atoms with Crippen molar-refractivity contribution in [3.63, 3.8) is 0 Å². The predicted octanol–water partition coefficient (Wildman–Crippen LogP) is 4.74. The molecule has 0 aromatic rings. The molecular formula is C20H29NO. The van der Waals surface area contributed by atoms with Crippen molar-refractivity contribution in [3.8, 4) is 6.07 Å². The fraction of sp³-hybridized carbons (Fsp3) is 0.900. The lowest BCUT2D eigenvalue weighted by atomic mass is 9.45. The summed E-state index contributed by atoms with van der Waals surface area (Å²) in [4.78, 5) is 12.6. The van der Waals surface area contributed by atoms with Crippen LogP contribution < -0.4 is 0 Å². The van der Waals surface area contributed by atoms with Gasteiger partial charge in [0.05, 0.1) is 12.0 Å². The number of nitriles is 1. The SMILES string of the molecule is CC12CCC3C(CC[C@H]4CCCCC34C)C1C(C#N)CC2=O. The van der Waals surface area contributed by atoms with Gasteiger partial charge < -0.3 is 0 Å². The lowest BCUT2D eigenvalue weighted by Gasteiger charge is -2.59. The van der Waals surface area contributed by atoms with Gasteiger partial charge in [-0.1, -0.05) is 26.7 Å². The van der Waals surface area contributed by atoms with E-state index >= 15 is 0 Å². The van der Waals surface area contributed by atoms with Crippen molar-refractivity contribution in [3.05, 3.63) is 0 Å². The normalized spacial score (nSPS) is 54.0. The molecule has 120 valence electrons. The Bertz CT molecular complexity index is 534. The summed E-state index contributed by atoms with van der Waals surface area (Å²) in [6.45, 7) is 4.73. The maximum absolute atomic E-state index is 12.6. The zero-order valence-corrected chi connectivity index (χ0v) is 14.1. The monoisotopic (exact) mass is 299 g/mol. The molecule has 4 aliphatic rings. The van der Waals surface area contributed by atoms with Crippen LogP contribution in [0.25, 0.3) is 0 Å². The van der Waals surface area contributed by atoms with E-state index in [0.29, 0.717) is 29.5 Å². The van der Waals surface area contributed by atoms with Crippen LogP contribution in [0.1, 0.15) is 71.6 Å². The Morgan fingerprint density at radius 1 is 1.09 bits per heavy atom. The molecule has 4 saturated carbocycles. The molecule has 6 unspecified atom stereocenters. The Balaban J connectivity index is 1.71. The van der Waals surface area contributed by atoms with Crippen molar-refractivity contribution < 1.29 is 4.79 Å². The minimum Gasteiger partial charge on any atom is -0.299 e. The summed E-state index contributed by atoms with van der Waals surface area (Å²) in [5.74, 6) is 3.04. The van der Waals surface area contributed by atoms with Gasteiger partial charge in [-0.15, -0.1) is 0 Å². The number of carbonyl (C=O) groups excluding carboxylic acids is 1. The van der Waals surface area contributed by atoms with Crippen molar-refractivity contribution in [2.24, 2.45) is 40.4 Å². The zero-order chi connectivity index (χ0) is 15.5. The van der Waals surface area contributed by atoms with Crippen LogP contribution in [-0.4, -0.2) is 5.78 Å². The Morgan fingerprint density at radius 3 is 2.68 bits per heavy atom. The van der Waals surface area contributed by atoms with E-state index in [1.54, 1.807) is 0 Å². The van der Waals surface area contributed by atoms with E-state index in [2.05, 4.69) is 19.9 Å². The van der Waals surface area contributed by atoms with E-state index < -0.39 is 0 Å². The highest BCUT2D eigenvalue weighted by Gasteiger charge is 2.62.